The van der Waals surface area contributed by atoms with E-state index in [2.05, 4.69) is 23.0 Å². The van der Waals surface area contributed by atoms with Crippen molar-refractivity contribution in [2.45, 2.75) is 6.92 Å². The van der Waals surface area contributed by atoms with Crippen LogP contribution in [-0.2, 0) is 4.79 Å². The summed E-state index contributed by atoms with van der Waals surface area (Å²) < 4.78 is 11.1. The zero-order valence-corrected chi connectivity index (χ0v) is 18.6. The zero-order valence-electron chi connectivity index (χ0n) is 17.9. The summed E-state index contributed by atoms with van der Waals surface area (Å²) in [6.07, 6.45) is 6.78. The van der Waals surface area contributed by atoms with E-state index in [9.17, 15) is 10.1 Å². The molecule has 0 N–H and O–H groups in total. The summed E-state index contributed by atoms with van der Waals surface area (Å²) in [5.41, 5.74) is 1.73. The molecule has 1 heterocycles. The Morgan fingerprint density at radius 2 is 1.91 bits per heavy atom. The van der Waals surface area contributed by atoms with Crippen LogP contribution in [0, 0.1) is 23.7 Å². The fourth-order valence-corrected chi connectivity index (χ4v) is 3.75. The molecule has 3 rings (SSSR count). The molecular weight excluding hydrogens is 426 g/mol. The van der Waals surface area contributed by atoms with E-state index in [0.29, 0.717) is 54.9 Å². The van der Waals surface area contributed by atoms with Crippen molar-refractivity contribution >= 4 is 29.3 Å². The minimum atomic E-state index is -0.304. The number of carbonyl (C=O) groups is 1. The second-order valence-corrected chi connectivity index (χ2v) is 7.45. The molecule has 1 saturated heterocycles. The molecule has 1 aliphatic rings. The minimum absolute atomic E-state index is 0.0361. The maximum Gasteiger partial charge on any atom is 0.264 e. The van der Waals surface area contributed by atoms with Gasteiger partial charge in [0.2, 0.25) is 0 Å². The van der Waals surface area contributed by atoms with Crippen LogP contribution in [-0.4, -0.2) is 50.2 Å². The van der Waals surface area contributed by atoms with Gasteiger partial charge >= 0.3 is 0 Å². The van der Waals surface area contributed by atoms with Gasteiger partial charge in [-0.25, -0.2) is 0 Å². The van der Waals surface area contributed by atoms with E-state index in [1.54, 1.807) is 17.0 Å². The summed E-state index contributed by atoms with van der Waals surface area (Å²) in [7, 11) is 0. The second kappa shape index (κ2) is 11.1. The number of benzene rings is 2. The number of piperazine rings is 1. The number of halogens is 1. The summed E-state index contributed by atoms with van der Waals surface area (Å²) in [5, 5.41) is 9.93. The van der Waals surface area contributed by atoms with E-state index in [4.69, 9.17) is 27.5 Å². The van der Waals surface area contributed by atoms with Crippen LogP contribution in [0.2, 0.25) is 5.02 Å². The first-order valence-electron chi connectivity index (χ1n) is 10.3. The summed E-state index contributed by atoms with van der Waals surface area (Å²) in [6, 6.07) is 15.4. The van der Waals surface area contributed by atoms with Crippen LogP contribution in [0.4, 0.5) is 5.69 Å². The number of nitriles is 1. The normalized spacial score (nSPS) is 13.8. The van der Waals surface area contributed by atoms with E-state index in [-0.39, 0.29) is 18.1 Å². The van der Waals surface area contributed by atoms with E-state index < -0.39 is 0 Å². The predicted molar refractivity (Wildman–Crippen MR) is 126 cm³/mol. The van der Waals surface area contributed by atoms with Gasteiger partial charge in [0.1, 0.15) is 18.2 Å². The fourth-order valence-electron chi connectivity index (χ4n) is 3.47. The number of para-hydroxylation sites is 1. The molecule has 6 nitrogen and oxygen atoms in total. The van der Waals surface area contributed by atoms with Gasteiger partial charge in [-0.2, -0.15) is 5.26 Å². The molecule has 1 fully saturated rings. The molecule has 1 amide bonds. The maximum absolute atomic E-state index is 13.0. The average molecular weight is 450 g/mol. The first-order valence-corrected chi connectivity index (χ1v) is 10.7. The highest BCUT2D eigenvalue weighted by molar-refractivity contribution is 6.32. The van der Waals surface area contributed by atoms with Gasteiger partial charge in [0.05, 0.1) is 11.6 Å². The SMILES string of the molecule is C#CCOc1c(Cl)cc(/C=C(/C#N)C(=O)N2CCN(c3ccccc3)CC2)cc1OCC. The molecule has 2 aromatic rings. The van der Waals surface area contributed by atoms with Crippen molar-refractivity contribution < 1.29 is 14.3 Å². The molecule has 0 bridgehead atoms. The van der Waals surface area contributed by atoms with Crippen molar-refractivity contribution in [2.24, 2.45) is 0 Å². The largest absolute Gasteiger partial charge is 0.490 e. The Morgan fingerprint density at radius 1 is 1.19 bits per heavy atom. The zero-order chi connectivity index (χ0) is 22.9. The Morgan fingerprint density at radius 3 is 2.53 bits per heavy atom. The number of carbonyl (C=O) groups excluding carboxylic acids is 1. The van der Waals surface area contributed by atoms with E-state index in [1.165, 1.54) is 6.08 Å². The van der Waals surface area contributed by atoms with Crippen molar-refractivity contribution in [1.29, 1.82) is 5.26 Å². The van der Waals surface area contributed by atoms with Crippen LogP contribution in [0.5, 0.6) is 11.5 Å². The Bertz CT molecular complexity index is 1060. The quantitative estimate of drug-likeness (QED) is 0.363. The van der Waals surface area contributed by atoms with Gasteiger partial charge in [0, 0.05) is 31.9 Å². The molecule has 164 valence electrons. The minimum Gasteiger partial charge on any atom is -0.490 e. The smallest absolute Gasteiger partial charge is 0.264 e. The Kier molecular flexibility index (Phi) is 8.02. The van der Waals surface area contributed by atoms with Crippen molar-refractivity contribution in [3.8, 4) is 29.9 Å². The van der Waals surface area contributed by atoms with Gasteiger partial charge in [-0.3, -0.25) is 4.79 Å². The first-order chi connectivity index (χ1) is 15.6. The van der Waals surface area contributed by atoms with E-state index >= 15 is 0 Å². The van der Waals surface area contributed by atoms with E-state index in [1.807, 2.05) is 31.2 Å². The molecule has 32 heavy (non-hydrogen) atoms. The number of terminal acetylenes is 1. The number of anilines is 1. The molecule has 0 radical (unpaired) electrons. The lowest BCUT2D eigenvalue weighted by Gasteiger charge is -2.36. The van der Waals surface area contributed by atoms with Crippen LogP contribution in [0.15, 0.2) is 48.0 Å². The first kappa shape index (κ1) is 23.1. The van der Waals surface area contributed by atoms with Crippen molar-refractivity contribution in [3.05, 3.63) is 58.6 Å². The molecule has 1 aliphatic heterocycles. The number of hydrogen-bond donors (Lipinski definition) is 0. The highest BCUT2D eigenvalue weighted by Crippen LogP contribution is 2.37. The third-order valence-corrected chi connectivity index (χ3v) is 5.26. The summed E-state index contributed by atoms with van der Waals surface area (Å²) in [5.74, 6) is 2.83. The van der Waals surface area contributed by atoms with Gasteiger partial charge < -0.3 is 19.3 Å². The lowest BCUT2D eigenvalue weighted by atomic mass is 10.1. The number of amides is 1. The van der Waals surface area contributed by atoms with Gasteiger partial charge in [0.25, 0.3) is 5.91 Å². The number of rotatable bonds is 7. The van der Waals surface area contributed by atoms with Crippen LogP contribution in [0.25, 0.3) is 6.08 Å². The highest BCUT2D eigenvalue weighted by Gasteiger charge is 2.24. The van der Waals surface area contributed by atoms with Gasteiger partial charge in [-0.05, 0) is 42.8 Å². The number of hydrogen-bond acceptors (Lipinski definition) is 5. The summed E-state index contributed by atoms with van der Waals surface area (Å²) >= 11 is 6.35. The van der Waals surface area contributed by atoms with Crippen LogP contribution < -0.4 is 14.4 Å². The standard InChI is InChI=1S/C25H24ClN3O3/c1-3-14-32-24-22(26)16-19(17-23(24)31-4-2)15-20(18-27)25(30)29-12-10-28(11-13-29)21-8-6-5-7-9-21/h1,5-9,15-17H,4,10-14H2,2H3/b20-15-. The maximum atomic E-state index is 13.0. The summed E-state index contributed by atoms with van der Waals surface area (Å²) in [4.78, 5) is 16.9. The third-order valence-electron chi connectivity index (χ3n) is 4.98. The highest BCUT2D eigenvalue weighted by atomic mass is 35.5. The van der Waals surface area contributed by atoms with Crippen LogP contribution >= 0.6 is 11.6 Å². The summed E-state index contributed by atoms with van der Waals surface area (Å²) in [6.45, 7) is 4.76. The molecule has 0 saturated carbocycles. The molecule has 0 atom stereocenters. The molecule has 7 heteroatoms. The lowest BCUT2D eigenvalue weighted by Crippen LogP contribution is -2.49. The molecule has 0 spiro atoms. The van der Waals surface area contributed by atoms with Gasteiger partial charge in [0.15, 0.2) is 11.5 Å². The number of ether oxygens (including phenoxy) is 2. The topological polar surface area (TPSA) is 65.8 Å². The Hall–Kier alpha value is -3.61. The molecule has 0 aliphatic carbocycles. The average Bonchev–Trinajstić information content (AvgIpc) is 2.82. The van der Waals surface area contributed by atoms with Crippen molar-refractivity contribution in [2.75, 3.05) is 44.3 Å². The monoisotopic (exact) mass is 449 g/mol. The van der Waals surface area contributed by atoms with Gasteiger partial charge in [-0.1, -0.05) is 35.7 Å². The second-order valence-electron chi connectivity index (χ2n) is 7.04. The lowest BCUT2D eigenvalue weighted by molar-refractivity contribution is -0.126. The van der Waals surface area contributed by atoms with Crippen LogP contribution in [0.1, 0.15) is 12.5 Å². The molecule has 2 aromatic carbocycles. The molecular formula is C25H24ClN3O3. The van der Waals surface area contributed by atoms with Gasteiger partial charge in [-0.15, -0.1) is 6.42 Å². The van der Waals surface area contributed by atoms with Crippen molar-refractivity contribution in [3.63, 3.8) is 0 Å². The Balaban J connectivity index is 1.76. The third kappa shape index (κ3) is 5.55. The van der Waals surface area contributed by atoms with E-state index in [0.717, 1.165) is 5.69 Å². The molecule has 0 aromatic heterocycles. The predicted octanol–water partition coefficient (Wildman–Crippen LogP) is 4.01. The Labute approximate surface area is 193 Å². The van der Waals surface area contributed by atoms with Crippen molar-refractivity contribution in [1.82, 2.24) is 4.90 Å². The number of nitrogens with zero attached hydrogens (tertiary/aromatic N) is 3. The fraction of sp³-hybridized carbons (Fsp3) is 0.280. The van der Waals surface area contributed by atoms with Crippen LogP contribution in [0.3, 0.4) is 0 Å². The molecule has 0 unspecified atom stereocenters.